The molecule has 6 heteroatoms. The van der Waals surface area contributed by atoms with E-state index in [0.717, 1.165) is 0 Å². The lowest BCUT2D eigenvalue weighted by molar-refractivity contribution is -0.386. The summed E-state index contributed by atoms with van der Waals surface area (Å²) < 4.78 is 5.45. The summed E-state index contributed by atoms with van der Waals surface area (Å²) in [5, 5.41) is 13.7. The number of anilines is 1. The number of hydrogen-bond acceptors (Lipinski definition) is 4. The maximum absolute atomic E-state index is 12.2. The number of nitrogens with zero attached hydrogens (tertiary/aromatic N) is 1. The average molecular weight is 328 g/mol. The zero-order valence-corrected chi connectivity index (χ0v) is 13.9. The Hall–Kier alpha value is -2.89. The van der Waals surface area contributed by atoms with Gasteiger partial charge in [-0.05, 0) is 36.6 Å². The molecule has 1 atom stereocenters. The molecule has 0 aliphatic carbocycles. The van der Waals surface area contributed by atoms with Crippen molar-refractivity contribution in [2.24, 2.45) is 0 Å². The predicted octanol–water partition coefficient (Wildman–Crippen LogP) is 4.12. The van der Waals surface area contributed by atoms with Gasteiger partial charge < -0.3 is 10.1 Å². The van der Waals surface area contributed by atoms with Gasteiger partial charge >= 0.3 is 5.69 Å². The number of hydrogen-bond donors (Lipinski definition) is 1. The van der Waals surface area contributed by atoms with Gasteiger partial charge in [0, 0.05) is 11.8 Å². The second kappa shape index (κ2) is 7.59. The van der Waals surface area contributed by atoms with Crippen molar-refractivity contribution in [2.75, 3.05) is 5.32 Å². The van der Waals surface area contributed by atoms with Gasteiger partial charge in [-0.3, -0.25) is 14.9 Å². The number of nitro benzene ring substituents is 1. The lowest BCUT2D eigenvalue weighted by Gasteiger charge is -2.15. The van der Waals surface area contributed by atoms with E-state index in [0.29, 0.717) is 11.6 Å². The molecule has 1 N–H and O–H groups in total. The van der Waals surface area contributed by atoms with Gasteiger partial charge in [0.05, 0.1) is 4.92 Å². The van der Waals surface area contributed by atoms with Crippen LogP contribution in [-0.4, -0.2) is 16.9 Å². The van der Waals surface area contributed by atoms with Gasteiger partial charge in [-0.1, -0.05) is 38.1 Å². The molecule has 0 aliphatic rings. The van der Waals surface area contributed by atoms with E-state index in [9.17, 15) is 14.9 Å². The third kappa shape index (κ3) is 4.32. The van der Waals surface area contributed by atoms with E-state index < -0.39 is 11.0 Å². The van der Waals surface area contributed by atoms with Gasteiger partial charge in [0.25, 0.3) is 5.91 Å². The van der Waals surface area contributed by atoms with Crippen molar-refractivity contribution in [3.63, 3.8) is 0 Å². The summed E-state index contributed by atoms with van der Waals surface area (Å²) >= 11 is 0. The summed E-state index contributed by atoms with van der Waals surface area (Å²) in [7, 11) is 0. The third-order valence-corrected chi connectivity index (χ3v) is 3.58. The lowest BCUT2D eigenvalue weighted by atomic mass is 10.0. The maximum atomic E-state index is 12.2. The second-order valence-electron chi connectivity index (χ2n) is 5.75. The first-order valence-electron chi connectivity index (χ1n) is 7.69. The van der Waals surface area contributed by atoms with E-state index >= 15 is 0 Å². The van der Waals surface area contributed by atoms with E-state index in [1.54, 1.807) is 19.1 Å². The zero-order chi connectivity index (χ0) is 17.7. The highest BCUT2D eigenvalue weighted by Crippen LogP contribution is 2.27. The molecular formula is C18H20N2O4. The minimum atomic E-state index is -0.865. The standard InChI is InChI=1S/C18H20N2O4/c1-12(2)14-8-10-15(11-9-14)19-18(21)13(3)24-17-7-5-4-6-16(17)20(22)23/h4-13H,1-3H3,(H,19,21)/t13-/m1/s1. The Morgan fingerprint density at radius 2 is 1.71 bits per heavy atom. The van der Waals surface area contributed by atoms with Crippen LogP contribution in [0.25, 0.3) is 0 Å². The molecule has 1 amide bonds. The number of carbonyl (C=O) groups excluding carboxylic acids is 1. The normalized spacial score (nSPS) is 11.8. The van der Waals surface area contributed by atoms with Crippen molar-refractivity contribution in [3.8, 4) is 5.75 Å². The lowest BCUT2D eigenvalue weighted by Crippen LogP contribution is -2.30. The molecule has 2 rings (SSSR count). The fourth-order valence-electron chi connectivity index (χ4n) is 2.15. The second-order valence-corrected chi connectivity index (χ2v) is 5.75. The van der Waals surface area contributed by atoms with E-state index in [-0.39, 0.29) is 17.3 Å². The van der Waals surface area contributed by atoms with Crippen molar-refractivity contribution < 1.29 is 14.5 Å². The molecule has 0 saturated carbocycles. The van der Waals surface area contributed by atoms with Crippen LogP contribution in [0.5, 0.6) is 5.75 Å². The Labute approximate surface area is 140 Å². The Bertz CT molecular complexity index is 726. The van der Waals surface area contributed by atoms with E-state index in [4.69, 9.17) is 4.74 Å². The molecule has 0 spiro atoms. The van der Waals surface area contributed by atoms with E-state index in [2.05, 4.69) is 19.2 Å². The highest BCUT2D eigenvalue weighted by molar-refractivity contribution is 5.94. The number of nitrogens with one attached hydrogen (secondary N) is 1. The number of rotatable bonds is 6. The molecule has 0 fully saturated rings. The molecule has 126 valence electrons. The molecule has 6 nitrogen and oxygen atoms in total. The Balaban J connectivity index is 2.03. The van der Waals surface area contributed by atoms with Crippen molar-refractivity contribution in [2.45, 2.75) is 32.8 Å². The first-order chi connectivity index (χ1) is 11.4. The van der Waals surface area contributed by atoms with Crippen molar-refractivity contribution in [3.05, 3.63) is 64.2 Å². The first-order valence-corrected chi connectivity index (χ1v) is 7.69. The van der Waals surface area contributed by atoms with Gasteiger partial charge in [-0.15, -0.1) is 0 Å². The number of ether oxygens (including phenoxy) is 1. The van der Waals surface area contributed by atoms with Crippen LogP contribution in [0.3, 0.4) is 0 Å². The molecule has 0 saturated heterocycles. The predicted molar refractivity (Wildman–Crippen MR) is 92.3 cm³/mol. The van der Waals surface area contributed by atoms with Gasteiger partial charge in [-0.2, -0.15) is 0 Å². The summed E-state index contributed by atoms with van der Waals surface area (Å²) in [5.41, 5.74) is 1.66. The van der Waals surface area contributed by atoms with E-state index in [1.807, 2.05) is 24.3 Å². The quantitative estimate of drug-likeness (QED) is 0.638. The number of carbonyl (C=O) groups is 1. The number of nitro groups is 1. The van der Waals surface area contributed by atoms with Crippen molar-refractivity contribution >= 4 is 17.3 Å². The number of amides is 1. The topological polar surface area (TPSA) is 81.5 Å². The molecule has 0 aliphatic heterocycles. The van der Waals surface area contributed by atoms with Gasteiger partial charge in [0.15, 0.2) is 11.9 Å². The highest BCUT2D eigenvalue weighted by Gasteiger charge is 2.20. The molecule has 0 bridgehead atoms. The molecule has 0 heterocycles. The maximum Gasteiger partial charge on any atom is 0.310 e. The van der Waals surface area contributed by atoms with Crippen LogP contribution < -0.4 is 10.1 Å². The number of benzene rings is 2. The van der Waals surface area contributed by atoms with Crippen LogP contribution >= 0.6 is 0 Å². The molecular weight excluding hydrogens is 308 g/mol. The van der Waals surface area contributed by atoms with Crippen LogP contribution in [0, 0.1) is 10.1 Å². The smallest absolute Gasteiger partial charge is 0.310 e. The molecule has 2 aromatic rings. The summed E-state index contributed by atoms with van der Waals surface area (Å²) in [4.78, 5) is 22.6. The molecule has 24 heavy (non-hydrogen) atoms. The molecule has 0 aromatic heterocycles. The zero-order valence-electron chi connectivity index (χ0n) is 13.9. The Kier molecular flexibility index (Phi) is 5.52. The van der Waals surface area contributed by atoms with Crippen LogP contribution in [0.4, 0.5) is 11.4 Å². The minimum absolute atomic E-state index is 0.0697. The molecule has 0 radical (unpaired) electrons. The fourth-order valence-corrected chi connectivity index (χ4v) is 2.15. The summed E-state index contributed by atoms with van der Waals surface area (Å²) in [6.07, 6.45) is -0.865. The summed E-state index contributed by atoms with van der Waals surface area (Å²) in [6, 6.07) is 13.5. The number of para-hydroxylation sites is 2. The molecule has 0 unspecified atom stereocenters. The Morgan fingerprint density at radius 1 is 1.08 bits per heavy atom. The van der Waals surface area contributed by atoms with Crippen LogP contribution in [0.15, 0.2) is 48.5 Å². The first kappa shape index (κ1) is 17.5. The summed E-state index contributed by atoms with van der Waals surface area (Å²) in [5.74, 6) is 0.112. The summed E-state index contributed by atoms with van der Waals surface area (Å²) in [6.45, 7) is 5.74. The average Bonchev–Trinajstić information content (AvgIpc) is 2.55. The molecule has 2 aromatic carbocycles. The van der Waals surface area contributed by atoms with Crippen LogP contribution in [0.2, 0.25) is 0 Å². The van der Waals surface area contributed by atoms with Gasteiger partial charge in [-0.25, -0.2) is 0 Å². The van der Waals surface area contributed by atoms with Gasteiger partial charge in [0.1, 0.15) is 0 Å². The Morgan fingerprint density at radius 3 is 2.29 bits per heavy atom. The largest absolute Gasteiger partial charge is 0.474 e. The van der Waals surface area contributed by atoms with Gasteiger partial charge in [0.2, 0.25) is 0 Å². The van der Waals surface area contributed by atoms with Crippen molar-refractivity contribution in [1.29, 1.82) is 0 Å². The fraction of sp³-hybridized carbons (Fsp3) is 0.278. The highest BCUT2D eigenvalue weighted by atomic mass is 16.6. The van der Waals surface area contributed by atoms with Crippen molar-refractivity contribution in [1.82, 2.24) is 0 Å². The van der Waals surface area contributed by atoms with Crippen LogP contribution in [-0.2, 0) is 4.79 Å². The third-order valence-electron chi connectivity index (χ3n) is 3.58. The van der Waals surface area contributed by atoms with E-state index in [1.165, 1.54) is 17.7 Å². The minimum Gasteiger partial charge on any atom is -0.474 e. The SMILES string of the molecule is CC(C)c1ccc(NC(=O)[C@@H](C)Oc2ccccc2[N+](=O)[O-])cc1. The monoisotopic (exact) mass is 328 g/mol. The van der Waals surface area contributed by atoms with Crippen LogP contribution in [0.1, 0.15) is 32.3 Å².